The molecule has 0 saturated carbocycles. The lowest BCUT2D eigenvalue weighted by molar-refractivity contribution is -0.137. The van der Waals surface area contributed by atoms with E-state index in [1.807, 2.05) is 6.07 Å². The molecule has 0 aliphatic carbocycles. The Balaban J connectivity index is 1.77. The van der Waals surface area contributed by atoms with Crippen molar-refractivity contribution in [3.63, 3.8) is 0 Å². The maximum absolute atomic E-state index is 12.5. The first kappa shape index (κ1) is 19.6. The molecule has 2 aromatic rings. The SMILES string of the molecule is CN=C(NCCc1ccc(C(F)(F)F)cc1)NCc1ccc(OC)nc1. The summed E-state index contributed by atoms with van der Waals surface area (Å²) in [4.78, 5) is 8.24. The summed E-state index contributed by atoms with van der Waals surface area (Å²) in [6, 6.07) is 8.84. The summed E-state index contributed by atoms with van der Waals surface area (Å²) in [5.41, 5.74) is 1.15. The molecular formula is C18H21F3N4O. The number of benzene rings is 1. The van der Waals surface area contributed by atoms with Gasteiger partial charge in [0.2, 0.25) is 5.88 Å². The fraction of sp³-hybridized carbons (Fsp3) is 0.333. The van der Waals surface area contributed by atoms with Gasteiger partial charge in [-0.2, -0.15) is 13.2 Å². The van der Waals surface area contributed by atoms with Gasteiger partial charge in [-0.15, -0.1) is 0 Å². The quantitative estimate of drug-likeness (QED) is 0.610. The average molecular weight is 366 g/mol. The Morgan fingerprint density at radius 2 is 1.77 bits per heavy atom. The highest BCUT2D eigenvalue weighted by atomic mass is 19.4. The van der Waals surface area contributed by atoms with Gasteiger partial charge in [0.05, 0.1) is 12.7 Å². The fourth-order valence-electron chi connectivity index (χ4n) is 2.23. The van der Waals surface area contributed by atoms with Gasteiger partial charge in [-0.3, -0.25) is 4.99 Å². The van der Waals surface area contributed by atoms with Crippen LogP contribution in [0.25, 0.3) is 0 Å². The standard InChI is InChI=1S/C18H21F3N4O/c1-22-17(25-12-14-5-8-16(26-2)24-11-14)23-10-9-13-3-6-15(7-4-13)18(19,20)21/h3-8,11H,9-10,12H2,1-2H3,(H2,22,23,25). The lowest BCUT2D eigenvalue weighted by Gasteiger charge is -2.12. The van der Waals surface area contributed by atoms with Crippen molar-refractivity contribution in [2.24, 2.45) is 4.99 Å². The average Bonchev–Trinajstić information content (AvgIpc) is 2.64. The van der Waals surface area contributed by atoms with E-state index in [-0.39, 0.29) is 0 Å². The molecular weight excluding hydrogens is 345 g/mol. The van der Waals surface area contributed by atoms with Crippen LogP contribution < -0.4 is 15.4 Å². The molecule has 0 spiro atoms. The second-order valence-corrected chi connectivity index (χ2v) is 5.51. The molecule has 140 valence electrons. The van der Waals surface area contributed by atoms with E-state index in [1.54, 1.807) is 26.4 Å². The van der Waals surface area contributed by atoms with Gasteiger partial charge in [-0.25, -0.2) is 4.98 Å². The number of guanidine groups is 1. The second kappa shape index (κ2) is 9.07. The Morgan fingerprint density at radius 1 is 1.08 bits per heavy atom. The van der Waals surface area contributed by atoms with Gasteiger partial charge in [-0.1, -0.05) is 18.2 Å². The summed E-state index contributed by atoms with van der Waals surface area (Å²) in [6.07, 6.45) is -2.01. The van der Waals surface area contributed by atoms with Crippen LogP contribution in [-0.2, 0) is 19.1 Å². The van der Waals surface area contributed by atoms with Crippen LogP contribution in [0.2, 0.25) is 0 Å². The molecule has 0 fully saturated rings. The topological polar surface area (TPSA) is 58.5 Å². The largest absolute Gasteiger partial charge is 0.481 e. The number of halogens is 3. The highest BCUT2D eigenvalue weighted by Gasteiger charge is 2.29. The Morgan fingerprint density at radius 3 is 2.31 bits per heavy atom. The summed E-state index contributed by atoms with van der Waals surface area (Å²) >= 11 is 0. The van der Waals surface area contributed by atoms with Crippen LogP contribution in [0.15, 0.2) is 47.6 Å². The summed E-state index contributed by atoms with van der Waals surface area (Å²) in [5.74, 6) is 1.15. The van der Waals surface area contributed by atoms with Crippen LogP contribution in [0, 0.1) is 0 Å². The van der Waals surface area contributed by atoms with Crippen molar-refractivity contribution < 1.29 is 17.9 Å². The van der Waals surface area contributed by atoms with Crippen molar-refractivity contribution in [1.29, 1.82) is 0 Å². The molecule has 2 rings (SSSR count). The number of methoxy groups -OCH3 is 1. The molecule has 0 amide bonds. The predicted octanol–water partition coefficient (Wildman–Crippen LogP) is 3.02. The molecule has 0 unspecified atom stereocenters. The van der Waals surface area contributed by atoms with Gasteiger partial charge in [-0.05, 0) is 29.7 Å². The molecule has 0 bridgehead atoms. The van der Waals surface area contributed by atoms with Gasteiger partial charge in [0.25, 0.3) is 0 Å². The Kier molecular flexibility index (Phi) is 6.82. The van der Waals surface area contributed by atoms with Crippen LogP contribution in [-0.4, -0.2) is 31.6 Å². The van der Waals surface area contributed by atoms with E-state index in [0.29, 0.717) is 31.3 Å². The molecule has 8 heteroatoms. The Hall–Kier alpha value is -2.77. The van der Waals surface area contributed by atoms with E-state index in [0.717, 1.165) is 23.3 Å². The Labute approximate surface area is 150 Å². The van der Waals surface area contributed by atoms with E-state index in [1.165, 1.54) is 12.1 Å². The van der Waals surface area contributed by atoms with E-state index >= 15 is 0 Å². The van der Waals surface area contributed by atoms with Crippen molar-refractivity contribution in [2.75, 3.05) is 20.7 Å². The van der Waals surface area contributed by atoms with Crippen LogP contribution >= 0.6 is 0 Å². The van der Waals surface area contributed by atoms with E-state index in [9.17, 15) is 13.2 Å². The van der Waals surface area contributed by atoms with Crippen LogP contribution in [0.3, 0.4) is 0 Å². The number of aliphatic imine (C=N–C) groups is 1. The third kappa shape index (κ3) is 5.94. The zero-order valence-corrected chi connectivity index (χ0v) is 14.6. The second-order valence-electron chi connectivity index (χ2n) is 5.51. The van der Waals surface area contributed by atoms with E-state index < -0.39 is 11.7 Å². The lowest BCUT2D eigenvalue weighted by atomic mass is 10.1. The van der Waals surface area contributed by atoms with Gasteiger partial charge in [0.1, 0.15) is 0 Å². The zero-order chi connectivity index (χ0) is 19.0. The normalized spacial score (nSPS) is 12.0. The van der Waals surface area contributed by atoms with Crippen molar-refractivity contribution >= 4 is 5.96 Å². The highest BCUT2D eigenvalue weighted by molar-refractivity contribution is 5.79. The van der Waals surface area contributed by atoms with Gasteiger partial charge >= 0.3 is 6.18 Å². The maximum Gasteiger partial charge on any atom is 0.416 e. The van der Waals surface area contributed by atoms with Gasteiger partial charge in [0, 0.05) is 32.4 Å². The Bertz CT molecular complexity index is 713. The molecule has 0 aliphatic heterocycles. The fourth-order valence-corrected chi connectivity index (χ4v) is 2.23. The number of rotatable bonds is 6. The van der Waals surface area contributed by atoms with Gasteiger partial charge in [0.15, 0.2) is 5.96 Å². The first-order valence-corrected chi connectivity index (χ1v) is 8.02. The van der Waals surface area contributed by atoms with Gasteiger partial charge < -0.3 is 15.4 Å². The molecule has 26 heavy (non-hydrogen) atoms. The van der Waals surface area contributed by atoms with Crippen LogP contribution in [0.4, 0.5) is 13.2 Å². The lowest BCUT2D eigenvalue weighted by Crippen LogP contribution is -2.37. The number of hydrogen-bond acceptors (Lipinski definition) is 3. The van der Waals surface area contributed by atoms with Crippen molar-refractivity contribution in [3.8, 4) is 5.88 Å². The number of pyridine rings is 1. The number of alkyl halides is 3. The molecule has 1 heterocycles. The smallest absolute Gasteiger partial charge is 0.416 e. The molecule has 1 aromatic carbocycles. The summed E-state index contributed by atoms with van der Waals surface area (Å²) in [6.45, 7) is 1.09. The van der Waals surface area contributed by atoms with Crippen molar-refractivity contribution in [2.45, 2.75) is 19.1 Å². The minimum atomic E-state index is -4.31. The van der Waals surface area contributed by atoms with E-state index in [4.69, 9.17) is 4.74 Å². The summed E-state index contributed by atoms with van der Waals surface area (Å²) in [5, 5.41) is 6.27. The zero-order valence-electron chi connectivity index (χ0n) is 14.6. The predicted molar refractivity (Wildman–Crippen MR) is 94.1 cm³/mol. The third-order valence-corrected chi connectivity index (χ3v) is 3.68. The molecule has 0 atom stereocenters. The molecule has 2 N–H and O–H groups in total. The number of hydrogen-bond donors (Lipinski definition) is 2. The van der Waals surface area contributed by atoms with Crippen molar-refractivity contribution in [3.05, 3.63) is 59.3 Å². The number of nitrogens with one attached hydrogen (secondary N) is 2. The van der Waals surface area contributed by atoms with Crippen molar-refractivity contribution in [1.82, 2.24) is 15.6 Å². The summed E-state index contributed by atoms with van der Waals surface area (Å²) in [7, 11) is 3.21. The molecule has 1 aromatic heterocycles. The monoisotopic (exact) mass is 366 g/mol. The third-order valence-electron chi connectivity index (χ3n) is 3.68. The molecule has 5 nitrogen and oxygen atoms in total. The minimum absolute atomic E-state index is 0.539. The molecule has 0 radical (unpaired) electrons. The molecule has 0 aliphatic rings. The first-order valence-electron chi connectivity index (χ1n) is 8.02. The van der Waals surface area contributed by atoms with E-state index in [2.05, 4.69) is 20.6 Å². The summed E-state index contributed by atoms with van der Waals surface area (Å²) < 4.78 is 42.6. The first-order chi connectivity index (χ1) is 12.4. The maximum atomic E-state index is 12.5. The highest BCUT2D eigenvalue weighted by Crippen LogP contribution is 2.29. The van der Waals surface area contributed by atoms with Crippen LogP contribution in [0.5, 0.6) is 5.88 Å². The molecule has 0 saturated heterocycles. The minimum Gasteiger partial charge on any atom is -0.481 e. The number of nitrogens with zero attached hydrogens (tertiary/aromatic N) is 2. The number of ether oxygens (including phenoxy) is 1. The number of aromatic nitrogens is 1. The van der Waals surface area contributed by atoms with Crippen LogP contribution in [0.1, 0.15) is 16.7 Å².